The Kier molecular flexibility index (Phi) is 5.94. The van der Waals surface area contributed by atoms with Gasteiger partial charge in [0.05, 0.1) is 0 Å². The summed E-state index contributed by atoms with van der Waals surface area (Å²) < 4.78 is 0. The average Bonchev–Trinajstić information content (AvgIpc) is 3.18. The second-order valence-corrected chi connectivity index (χ2v) is 6.52. The molecule has 0 unspecified atom stereocenters. The minimum Gasteiger partial charge on any atom is -0.385 e. The van der Waals surface area contributed by atoms with E-state index in [4.69, 9.17) is 0 Å². The molecule has 0 bridgehead atoms. The molecule has 2 N–H and O–H groups in total. The predicted molar refractivity (Wildman–Crippen MR) is 105 cm³/mol. The van der Waals surface area contributed by atoms with Crippen molar-refractivity contribution in [3.05, 3.63) is 54.1 Å². The normalized spacial score (nSPS) is 13.7. The zero-order chi connectivity index (χ0) is 17.5. The molecule has 0 spiro atoms. The van der Waals surface area contributed by atoms with Gasteiger partial charge < -0.3 is 15.5 Å². The maximum Gasteiger partial charge on any atom is 0.226 e. The number of hydrogen-bond acceptors (Lipinski definition) is 3. The van der Waals surface area contributed by atoms with E-state index in [1.807, 2.05) is 12.1 Å². The number of hydrogen-bond donors (Lipinski definition) is 2. The summed E-state index contributed by atoms with van der Waals surface area (Å²) in [7, 11) is 0. The fourth-order valence-electron chi connectivity index (χ4n) is 3.13. The molecule has 1 aliphatic rings. The Balaban J connectivity index is 1.42. The fourth-order valence-corrected chi connectivity index (χ4v) is 3.13. The molecular weight excluding hydrogens is 310 g/mol. The van der Waals surface area contributed by atoms with Crippen LogP contribution in [0.15, 0.2) is 48.5 Å². The van der Waals surface area contributed by atoms with E-state index >= 15 is 0 Å². The number of carbonyl (C=O) groups is 1. The molecule has 0 radical (unpaired) electrons. The quantitative estimate of drug-likeness (QED) is 0.792. The molecular formula is C21H27N3O. The standard InChI is InChI=1S/C21H27N3O/c1-2-17-5-7-18(8-6-17)22-14-13-21(25)23-19-9-11-20(12-10-19)24-15-3-4-16-24/h5-12,22H,2-4,13-16H2,1H3,(H,23,25). The van der Waals surface area contributed by atoms with Crippen LogP contribution in [0.3, 0.4) is 0 Å². The first kappa shape index (κ1) is 17.3. The van der Waals surface area contributed by atoms with E-state index in [1.54, 1.807) is 0 Å². The molecule has 132 valence electrons. The van der Waals surface area contributed by atoms with Gasteiger partial charge in [-0.1, -0.05) is 19.1 Å². The number of nitrogens with one attached hydrogen (secondary N) is 2. The van der Waals surface area contributed by atoms with E-state index in [0.29, 0.717) is 13.0 Å². The molecule has 0 aromatic heterocycles. The van der Waals surface area contributed by atoms with Crippen LogP contribution in [0.4, 0.5) is 17.1 Å². The number of anilines is 3. The topological polar surface area (TPSA) is 44.4 Å². The summed E-state index contributed by atoms with van der Waals surface area (Å²) in [4.78, 5) is 14.5. The second-order valence-electron chi connectivity index (χ2n) is 6.52. The largest absolute Gasteiger partial charge is 0.385 e. The molecule has 25 heavy (non-hydrogen) atoms. The summed E-state index contributed by atoms with van der Waals surface area (Å²) in [5.41, 5.74) is 4.48. The van der Waals surface area contributed by atoms with Gasteiger partial charge in [0.2, 0.25) is 5.91 Å². The van der Waals surface area contributed by atoms with Crippen LogP contribution < -0.4 is 15.5 Å². The molecule has 1 saturated heterocycles. The Labute approximate surface area is 150 Å². The number of nitrogens with zero attached hydrogens (tertiary/aromatic N) is 1. The zero-order valence-corrected chi connectivity index (χ0v) is 14.9. The van der Waals surface area contributed by atoms with Gasteiger partial charge in [0.15, 0.2) is 0 Å². The molecule has 1 heterocycles. The maximum atomic E-state index is 12.1. The molecule has 0 aliphatic carbocycles. The van der Waals surface area contributed by atoms with Gasteiger partial charge in [-0.15, -0.1) is 0 Å². The Hall–Kier alpha value is -2.49. The van der Waals surface area contributed by atoms with Crippen LogP contribution in [0.25, 0.3) is 0 Å². The summed E-state index contributed by atoms with van der Waals surface area (Å²) in [5, 5.41) is 6.26. The highest BCUT2D eigenvalue weighted by Gasteiger charge is 2.12. The van der Waals surface area contributed by atoms with Gasteiger partial charge in [-0.05, 0) is 61.2 Å². The van der Waals surface area contributed by atoms with Gasteiger partial charge in [-0.3, -0.25) is 4.79 Å². The molecule has 0 saturated carbocycles. The van der Waals surface area contributed by atoms with Crippen molar-refractivity contribution in [2.45, 2.75) is 32.6 Å². The number of aryl methyl sites for hydroxylation is 1. The summed E-state index contributed by atoms with van der Waals surface area (Å²) in [5.74, 6) is 0.0339. The van der Waals surface area contributed by atoms with Crippen LogP contribution in [-0.2, 0) is 11.2 Å². The van der Waals surface area contributed by atoms with Crippen molar-refractivity contribution in [2.75, 3.05) is 35.2 Å². The molecule has 1 aliphatic heterocycles. The Morgan fingerprint density at radius 1 is 0.960 bits per heavy atom. The van der Waals surface area contributed by atoms with E-state index in [1.165, 1.54) is 24.1 Å². The van der Waals surface area contributed by atoms with Crippen molar-refractivity contribution >= 4 is 23.0 Å². The van der Waals surface area contributed by atoms with Crippen LogP contribution in [0.5, 0.6) is 0 Å². The highest BCUT2D eigenvalue weighted by atomic mass is 16.1. The minimum absolute atomic E-state index is 0.0339. The maximum absolute atomic E-state index is 12.1. The smallest absolute Gasteiger partial charge is 0.226 e. The SMILES string of the molecule is CCc1ccc(NCCC(=O)Nc2ccc(N3CCCC3)cc2)cc1. The van der Waals surface area contributed by atoms with Crippen molar-refractivity contribution in [1.29, 1.82) is 0 Å². The van der Waals surface area contributed by atoms with Crippen molar-refractivity contribution in [2.24, 2.45) is 0 Å². The van der Waals surface area contributed by atoms with Gasteiger partial charge >= 0.3 is 0 Å². The van der Waals surface area contributed by atoms with Crippen molar-refractivity contribution in [1.82, 2.24) is 0 Å². The van der Waals surface area contributed by atoms with Crippen LogP contribution in [0, 0.1) is 0 Å². The first-order valence-corrected chi connectivity index (χ1v) is 9.22. The number of amides is 1. The highest BCUT2D eigenvalue weighted by molar-refractivity contribution is 5.91. The van der Waals surface area contributed by atoms with Crippen molar-refractivity contribution < 1.29 is 4.79 Å². The second kappa shape index (κ2) is 8.56. The lowest BCUT2D eigenvalue weighted by Crippen LogP contribution is -2.18. The summed E-state index contributed by atoms with van der Waals surface area (Å²) in [6.45, 7) is 5.04. The minimum atomic E-state index is 0.0339. The van der Waals surface area contributed by atoms with Crippen LogP contribution >= 0.6 is 0 Å². The molecule has 1 fully saturated rings. The van der Waals surface area contributed by atoms with E-state index in [-0.39, 0.29) is 5.91 Å². The third-order valence-corrected chi connectivity index (χ3v) is 4.67. The molecule has 3 rings (SSSR count). The average molecular weight is 337 g/mol. The van der Waals surface area contributed by atoms with Crippen LogP contribution in [0.2, 0.25) is 0 Å². The summed E-state index contributed by atoms with van der Waals surface area (Å²) >= 11 is 0. The van der Waals surface area contributed by atoms with Crippen LogP contribution in [0.1, 0.15) is 31.7 Å². The van der Waals surface area contributed by atoms with E-state index in [0.717, 1.165) is 30.9 Å². The van der Waals surface area contributed by atoms with E-state index in [2.05, 4.69) is 58.9 Å². The summed E-state index contributed by atoms with van der Waals surface area (Å²) in [6.07, 6.45) is 4.03. The lowest BCUT2D eigenvalue weighted by molar-refractivity contribution is -0.115. The van der Waals surface area contributed by atoms with Gasteiger partial charge in [-0.2, -0.15) is 0 Å². The third kappa shape index (κ3) is 4.99. The third-order valence-electron chi connectivity index (χ3n) is 4.67. The Bertz CT molecular complexity index is 673. The van der Waals surface area contributed by atoms with Gasteiger partial charge in [0.1, 0.15) is 0 Å². The number of rotatable bonds is 7. The van der Waals surface area contributed by atoms with Crippen LogP contribution in [-0.4, -0.2) is 25.5 Å². The molecule has 2 aromatic rings. The molecule has 2 aromatic carbocycles. The van der Waals surface area contributed by atoms with Gasteiger partial charge in [0.25, 0.3) is 0 Å². The highest BCUT2D eigenvalue weighted by Crippen LogP contribution is 2.22. The predicted octanol–water partition coefficient (Wildman–Crippen LogP) is 4.29. The zero-order valence-electron chi connectivity index (χ0n) is 14.9. The first-order chi connectivity index (χ1) is 12.2. The first-order valence-electron chi connectivity index (χ1n) is 9.22. The molecule has 4 nitrogen and oxygen atoms in total. The van der Waals surface area contributed by atoms with E-state index in [9.17, 15) is 4.79 Å². The van der Waals surface area contributed by atoms with Crippen molar-refractivity contribution in [3.8, 4) is 0 Å². The number of benzene rings is 2. The lowest BCUT2D eigenvalue weighted by atomic mass is 10.1. The Morgan fingerprint density at radius 3 is 2.24 bits per heavy atom. The monoisotopic (exact) mass is 337 g/mol. The number of carbonyl (C=O) groups excluding carboxylic acids is 1. The molecule has 0 atom stereocenters. The fraction of sp³-hybridized carbons (Fsp3) is 0.381. The lowest BCUT2D eigenvalue weighted by Gasteiger charge is -2.17. The van der Waals surface area contributed by atoms with Gasteiger partial charge in [-0.25, -0.2) is 0 Å². The van der Waals surface area contributed by atoms with E-state index < -0.39 is 0 Å². The molecule has 1 amide bonds. The Morgan fingerprint density at radius 2 is 1.60 bits per heavy atom. The van der Waals surface area contributed by atoms with Gasteiger partial charge in [0, 0.05) is 43.1 Å². The van der Waals surface area contributed by atoms with Crippen molar-refractivity contribution in [3.63, 3.8) is 0 Å². The molecule has 4 heteroatoms. The summed E-state index contributed by atoms with van der Waals surface area (Å²) in [6, 6.07) is 16.5.